The highest BCUT2D eigenvalue weighted by molar-refractivity contribution is 9.10. The summed E-state index contributed by atoms with van der Waals surface area (Å²) in [6, 6.07) is 9.52. The van der Waals surface area contributed by atoms with E-state index in [1.165, 1.54) is 35.7 Å². The number of pyridine rings is 1. The molecule has 1 N–H and O–H groups in total. The second-order valence-electron chi connectivity index (χ2n) is 5.82. The molecule has 1 aromatic carbocycles. The van der Waals surface area contributed by atoms with Crippen molar-refractivity contribution in [2.75, 3.05) is 25.5 Å². The van der Waals surface area contributed by atoms with Crippen LogP contribution >= 0.6 is 15.9 Å². The molecule has 1 atom stereocenters. The number of rotatable bonds is 5. The van der Waals surface area contributed by atoms with E-state index in [4.69, 9.17) is 4.74 Å². The lowest BCUT2D eigenvalue weighted by Crippen LogP contribution is -2.31. The molecule has 1 amide bonds. The summed E-state index contributed by atoms with van der Waals surface area (Å²) in [6.45, 7) is 0.604. The van der Waals surface area contributed by atoms with Crippen LogP contribution in [0.25, 0.3) is 0 Å². The molecule has 1 fully saturated rings. The van der Waals surface area contributed by atoms with Crippen LogP contribution in [0.15, 0.2) is 52.0 Å². The zero-order valence-electron chi connectivity index (χ0n) is 14.5. The lowest BCUT2D eigenvalue weighted by Gasteiger charge is -2.17. The van der Waals surface area contributed by atoms with Gasteiger partial charge in [0.2, 0.25) is 15.9 Å². The van der Waals surface area contributed by atoms with Crippen LogP contribution in [0, 0.1) is 0 Å². The molecule has 0 radical (unpaired) electrons. The Morgan fingerprint density at radius 1 is 1.30 bits per heavy atom. The zero-order valence-corrected chi connectivity index (χ0v) is 16.9. The lowest BCUT2D eigenvalue weighted by molar-refractivity contribution is 0.187. The van der Waals surface area contributed by atoms with Gasteiger partial charge in [-0.05, 0) is 58.7 Å². The second-order valence-corrected chi connectivity index (χ2v) is 8.62. The predicted octanol–water partition coefficient (Wildman–Crippen LogP) is 2.86. The van der Waals surface area contributed by atoms with Crippen molar-refractivity contribution in [3.8, 4) is 5.88 Å². The first-order valence-electron chi connectivity index (χ1n) is 8.12. The highest BCUT2D eigenvalue weighted by Crippen LogP contribution is 2.27. The largest absolute Gasteiger partial charge is 0.472 e. The number of hydrogen-bond acceptors (Lipinski definition) is 6. The number of nitrogens with one attached hydrogen (secondary N) is 1. The molecule has 3 rings (SSSR count). The highest BCUT2D eigenvalue weighted by atomic mass is 79.9. The van der Waals surface area contributed by atoms with Crippen LogP contribution in [-0.2, 0) is 14.8 Å². The normalized spacial score (nSPS) is 17.5. The number of amides is 1. The van der Waals surface area contributed by atoms with Gasteiger partial charge in [-0.25, -0.2) is 18.2 Å². The Balaban J connectivity index is 1.67. The SMILES string of the molecule is COC(=O)Nc1ccc(S(=O)(=O)N2CCC(Oc3ncccc3Br)C2)cc1. The van der Waals surface area contributed by atoms with Crippen molar-refractivity contribution in [2.45, 2.75) is 17.4 Å². The van der Waals surface area contributed by atoms with Crippen LogP contribution in [-0.4, -0.2) is 50.1 Å². The van der Waals surface area contributed by atoms with E-state index < -0.39 is 16.1 Å². The van der Waals surface area contributed by atoms with Crippen molar-refractivity contribution in [3.63, 3.8) is 0 Å². The van der Waals surface area contributed by atoms with Crippen molar-refractivity contribution < 1.29 is 22.7 Å². The number of carbonyl (C=O) groups is 1. The average Bonchev–Trinajstić information content (AvgIpc) is 3.13. The number of ether oxygens (including phenoxy) is 2. The Labute approximate surface area is 165 Å². The van der Waals surface area contributed by atoms with Gasteiger partial charge in [-0.2, -0.15) is 4.31 Å². The number of methoxy groups -OCH3 is 1. The average molecular weight is 456 g/mol. The molecule has 1 aliphatic rings. The van der Waals surface area contributed by atoms with E-state index >= 15 is 0 Å². The number of halogens is 1. The number of anilines is 1. The van der Waals surface area contributed by atoms with Gasteiger partial charge in [0, 0.05) is 18.4 Å². The van der Waals surface area contributed by atoms with Crippen molar-refractivity contribution in [3.05, 3.63) is 47.1 Å². The molecule has 0 aliphatic carbocycles. The third kappa shape index (κ3) is 4.57. The summed E-state index contributed by atoms with van der Waals surface area (Å²) in [5.74, 6) is 0.444. The molecular weight excluding hydrogens is 438 g/mol. The summed E-state index contributed by atoms with van der Waals surface area (Å²) in [7, 11) is -2.39. The Bertz CT molecular complexity index is 920. The quantitative estimate of drug-likeness (QED) is 0.743. The molecule has 0 saturated carbocycles. The Morgan fingerprint density at radius 2 is 2.04 bits per heavy atom. The summed E-state index contributed by atoms with van der Waals surface area (Å²) in [6.07, 6.45) is 1.30. The van der Waals surface area contributed by atoms with Crippen molar-refractivity contribution >= 4 is 37.7 Å². The molecule has 2 aromatic rings. The monoisotopic (exact) mass is 455 g/mol. The molecule has 1 saturated heterocycles. The third-order valence-electron chi connectivity index (χ3n) is 4.03. The van der Waals surface area contributed by atoms with Gasteiger partial charge in [-0.3, -0.25) is 5.32 Å². The third-order valence-corrected chi connectivity index (χ3v) is 6.52. The van der Waals surface area contributed by atoms with Crippen LogP contribution in [0.4, 0.5) is 10.5 Å². The molecule has 8 nitrogen and oxygen atoms in total. The minimum atomic E-state index is -3.65. The van der Waals surface area contributed by atoms with Gasteiger partial charge in [-0.15, -0.1) is 0 Å². The topological polar surface area (TPSA) is 97.8 Å². The first-order valence-corrected chi connectivity index (χ1v) is 10.4. The van der Waals surface area contributed by atoms with E-state index in [2.05, 4.69) is 31.0 Å². The maximum atomic E-state index is 12.8. The standard InChI is InChI=1S/C17H18BrN3O5S/c1-25-17(22)20-12-4-6-14(7-5-12)27(23,24)21-10-8-13(11-21)26-16-15(18)3-2-9-19-16/h2-7,9,13H,8,10-11H2,1H3,(H,20,22). The molecule has 2 heterocycles. The molecule has 1 aromatic heterocycles. The summed E-state index contributed by atoms with van der Waals surface area (Å²) in [4.78, 5) is 15.5. The molecule has 1 unspecified atom stereocenters. The zero-order chi connectivity index (χ0) is 19.4. The van der Waals surface area contributed by atoms with Crippen molar-refractivity contribution in [1.82, 2.24) is 9.29 Å². The van der Waals surface area contributed by atoms with Crippen LogP contribution in [0.5, 0.6) is 5.88 Å². The van der Waals surface area contributed by atoms with Crippen LogP contribution in [0.1, 0.15) is 6.42 Å². The number of benzene rings is 1. The van der Waals surface area contributed by atoms with E-state index in [0.717, 1.165) is 4.47 Å². The first kappa shape index (κ1) is 19.6. The summed E-state index contributed by atoms with van der Waals surface area (Å²) in [5.41, 5.74) is 0.448. The summed E-state index contributed by atoms with van der Waals surface area (Å²) in [5, 5.41) is 2.48. The fourth-order valence-corrected chi connectivity index (χ4v) is 4.49. The number of sulfonamides is 1. The predicted molar refractivity (Wildman–Crippen MR) is 102 cm³/mol. The van der Waals surface area contributed by atoms with Crippen LogP contribution in [0.2, 0.25) is 0 Å². The summed E-state index contributed by atoms with van der Waals surface area (Å²) >= 11 is 3.37. The fourth-order valence-electron chi connectivity index (χ4n) is 2.66. The molecule has 10 heteroatoms. The number of hydrogen-bond donors (Lipinski definition) is 1. The summed E-state index contributed by atoms with van der Waals surface area (Å²) < 4.78 is 38.1. The van der Waals surface area contributed by atoms with E-state index in [1.807, 2.05) is 6.07 Å². The molecule has 1 aliphatic heterocycles. The van der Waals surface area contributed by atoms with Gasteiger partial charge in [-0.1, -0.05) is 0 Å². The minimum Gasteiger partial charge on any atom is -0.472 e. The molecule has 0 bridgehead atoms. The molecule has 144 valence electrons. The van der Waals surface area contributed by atoms with Crippen LogP contribution < -0.4 is 10.1 Å². The van der Waals surface area contributed by atoms with Gasteiger partial charge in [0.15, 0.2) is 0 Å². The van der Waals surface area contributed by atoms with Crippen LogP contribution in [0.3, 0.4) is 0 Å². The molecule has 27 heavy (non-hydrogen) atoms. The Kier molecular flexibility index (Phi) is 5.98. The Hall–Kier alpha value is -2.17. The van der Waals surface area contributed by atoms with Crippen molar-refractivity contribution in [2.24, 2.45) is 0 Å². The van der Waals surface area contributed by atoms with E-state index in [0.29, 0.717) is 24.5 Å². The van der Waals surface area contributed by atoms with E-state index in [1.54, 1.807) is 12.3 Å². The minimum absolute atomic E-state index is 0.151. The second kappa shape index (κ2) is 8.24. The molecular formula is C17H18BrN3O5S. The molecule has 0 spiro atoms. The maximum Gasteiger partial charge on any atom is 0.411 e. The smallest absolute Gasteiger partial charge is 0.411 e. The first-order chi connectivity index (χ1) is 12.9. The highest BCUT2D eigenvalue weighted by Gasteiger charge is 2.34. The number of carbonyl (C=O) groups excluding carboxylic acids is 1. The van der Waals surface area contributed by atoms with Gasteiger partial charge in [0.05, 0.1) is 23.0 Å². The van der Waals surface area contributed by atoms with E-state index in [9.17, 15) is 13.2 Å². The Morgan fingerprint density at radius 3 is 2.70 bits per heavy atom. The maximum absolute atomic E-state index is 12.8. The van der Waals surface area contributed by atoms with Gasteiger partial charge in [0.1, 0.15) is 6.10 Å². The number of nitrogens with zero attached hydrogens (tertiary/aromatic N) is 2. The lowest BCUT2D eigenvalue weighted by atomic mass is 10.3. The van der Waals surface area contributed by atoms with Crippen molar-refractivity contribution in [1.29, 1.82) is 0 Å². The van der Waals surface area contributed by atoms with E-state index in [-0.39, 0.29) is 17.5 Å². The van der Waals surface area contributed by atoms with Gasteiger partial charge >= 0.3 is 6.09 Å². The van der Waals surface area contributed by atoms with Gasteiger partial charge < -0.3 is 9.47 Å². The number of aromatic nitrogens is 1. The fraction of sp³-hybridized carbons (Fsp3) is 0.294. The van der Waals surface area contributed by atoms with Gasteiger partial charge in [0.25, 0.3) is 0 Å².